The van der Waals surface area contributed by atoms with E-state index < -0.39 is 17.7 Å². The lowest BCUT2D eigenvalue weighted by Gasteiger charge is -2.11. The molecule has 0 saturated heterocycles. The van der Waals surface area contributed by atoms with E-state index in [0.717, 1.165) is 12.1 Å². The van der Waals surface area contributed by atoms with Crippen LogP contribution >= 0.6 is 0 Å². The van der Waals surface area contributed by atoms with E-state index >= 15 is 0 Å². The number of fused-ring (bicyclic) bond motifs is 1. The first kappa shape index (κ1) is 18.6. The third-order valence-corrected chi connectivity index (χ3v) is 3.82. The number of carbonyl (C=O) groups excluding carboxylic acids is 1. The summed E-state index contributed by atoms with van der Waals surface area (Å²) in [4.78, 5) is 20.8. The average Bonchev–Trinajstić information content (AvgIpc) is 2.66. The van der Waals surface area contributed by atoms with Crippen LogP contribution in [0.2, 0.25) is 0 Å². The molecular formula is C19H15F3N2O3. The summed E-state index contributed by atoms with van der Waals surface area (Å²) in [5, 5.41) is 0. The molecule has 8 heteroatoms. The molecule has 2 aromatic carbocycles. The van der Waals surface area contributed by atoms with Crippen molar-refractivity contribution in [1.29, 1.82) is 0 Å². The van der Waals surface area contributed by atoms with E-state index in [2.05, 4.69) is 9.97 Å². The van der Waals surface area contributed by atoms with E-state index in [4.69, 9.17) is 9.47 Å². The molecule has 0 atom stereocenters. The van der Waals surface area contributed by atoms with Gasteiger partial charge in [0.25, 0.3) is 0 Å². The normalized spacial score (nSPS) is 11.4. The molecule has 0 aliphatic carbocycles. The molecule has 0 aliphatic rings. The van der Waals surface area contributed by atoms with E-state index in [9.17, 15) is 18.0 Å². The van der Waals surface area contributed by atoms with Crippen LogP contribution in [0.15, 0.2) is 42.5 Å². The number of ether oxygens (including phenoxy) is 2. The highest BCUT2D eigenvalue weighted by molar-refractivity contribution is 5.96. The average molecular weight is 376 g/mol. The number of methoxy groups -OCH3 is 1. The molecule has 0 fully saturated rings. The van der Waals surface area contributed by atoms with Crippen LogP contribution < -0.4 is 4.74 Å². The van der Waals surface area contributed by atoms with Gasteiger partial charge in [0.2, 0.25) is 0 Å². The monoisotopic (exact) mass is 376 g/mol. The molecule has 0 bridgehead atoms. The molecule has 3 rings (SSSR count). The highest BCUT2D eigenvalue weighted by Gasteiger charge is 2.31. The quantitative estimate of drug-likeness (QED) is 0.628. The first-order chi connectivity index (χ1) is 12.8. The van der Waals surface area contributed by atoms with Gasteiger partial charge in [-0.1, -0.05) is 0 Å². The minimum atomic E-state index is -4.52. The number of benzene rings is 2. The summed E-state index contributed by atoms with van der Waals surface area (Å²) in [7, 11) is 1.52. The Morgan fingerprint density at radius 1 is 1.04 bits per heavy atom. The van der Waals surface area contributed by atoms with Crippen molar-refractivity contribution < 1.29 is 27.4 Å². The van der Waals surface area contributed by atoms with Gasteiger partial charge in [-0.05, 0) is 49.4 Å². The molecular weight excluding hydrogens is 361 g/mol. The second-order valence-electron chi connectivity index (χ2n) is 5.57. The van der Waals surface area contributed by atoms with Gasteiger partial charge >= 0.3 is 12.1 Å². The summed E-state index contributed by atoms with van der Waals surface area (Å²) in [6.45, 7) is 1.73. The van der Waals surface area contributed by atoms with Gasteiger partial charge in [0, 0.05) is 5.56 Å². The van der Waals surface area contributed by atoms with Gasteiger partial charge in [0.15, 0.2) is 5.69 Å². The summed E-state index contributed by atoms with van der Waals surface area (Å²) in [6.07, 6.45) is -4.52. The summed E-state index contributed by atoms with van der Waals surface area (Å²) in [5.74, 6) is -0.143. The fraction of sp³-hybridized carbons (Fsp3) is 0.211. The molecule has 140 valence electrons. The smallest absolute Gasteiger partial charge is 0.416 e. The predicted octanol–water partition coefficient (Wildman–Crippen LogP) is 4.50. The molecule has 3 aromatic rings. The van der Waals surface area contributed by atoms with Crippen molar-refractivity contribution in [3.05, 3.63) is 53.7 Å². The molecule has 0 spiro atoms. The van der Waals surface area contributed by atoms with Gasteiger partial charge in [-0.2, -0.15) is 13.2 Å². The maximum absolute atomic E-state index is 13.0. The first-order valence-electron chi connectivity index (χ1n) is 8.04. The Bertz CT molecular complexity index is 986. The van der Waals surface area contributed by atoms with Crippen molar-refractivity contribution in [3.8, 4) is 17.0 Å². The van der Waals surface area contributed by atoms with Crippen molar-refractivity contribution in [1.82, 2.24) is 9.97 Å². The third kappa shape index (κ3) is 3.84. The van der Waals surface area contributed by atoms with Crippen LogP contribution in [0.1, 0.15) is 23.0 Å². The zero-order chi connectivity index (χ0) is 19.6. The molecule has 0 unspecified atom stereocenters. The summed E-state index contributed by atoms with van der Waals surface area (Å²) in [5.41, 5.74) is -0.0198. The lowest BCUT2D eigenvalue weighted by Crippen LogP contribution is -2.11. The summed E-state index contributed by atoms with van der Waals surface area (Å²) < 4.78 is 49.0. The molecule has 1 aromatic heterocycles. The maximum Gasteiger partial charge on any atom is 0.416 e. The number of carbonyl (C=O) groups is 1. The number of nitrogens with zero attached hydrogens (tertiary/aromatic N) is 2. The molecule has 5 nitrogen and oxygen atoms in total. The number of alkyl halides is 3. The zero-order valence-corrected chi connectivity index (χ0v) is 14.5. The fourth-order valence-corrected chi connectivity index (χ4v) is 2.52. The Kier molecular flexibility index (Phi) is 4.98. The molecule has 1 heterocycles. The van der Waals surface area contributed by atoms with E-state index in [1.807, 2.05) is 0 Å². The van der Waals surface area contributed by atoms with Crippen LogP contribution in [0.5, 0.6) is 5.75 Å². The Balaban J connectivity index is 2.20. The second kappa shape index (κ2) is 7.22. The third-order valence-electron chi connectivity index (χ3n) is 3.82. The van der Waals surface area contributed by atoms with E-state index in [1.54, 1.807) is 31.2 Å². The van der Waals surface area contributed by atoms with Gasteiger partial charge in [-0.15, -0.1) is 0 Å². The number of halogens is 3. The van der Waals surface area contributed by atoms with Crippen molar-refractivity contribution in [2.75, 3.05) is 13.7 Å². The number of hydrogen-bond donors (Lipinski definition) is 0. The van der Waals surface area contributed by atoms with Crippen LogP contribution in [-0.2, 0) is 10.9 Å². The molecule has 0 saturated carbocycles. The number of rotatable bonds is 4. The van der Waals surface area contributed by atoms with Gasteiger partial charge < -0.3 is 9.47 Å². The first-order valence-corrected chi connectivity index (χ1v) is 8.04. The second-order valence-corrected chi connectivity index (χ2v) is 5.57. The van der Waals surface area contributed by atoms with Crippen LogP contribution in [0.4, 0.5) is 13.2 Å². The van der Waals surface area contributed by atoms with Crippen molar-refractivity contribution in [3.63, 3.8) is 0 Å². The lowest BCUT2D eigenvalue weighted by molar-refractivity contribution is -0.137. The van der Waals surface area contributed by atoms with Crippen LogP contribution in [0.25, 0.3) is 22.3 Å². The summed E-state index contributed by atoms with van der Waals surface area (Å²) in [6, 6.07) is 9.75. The van der Waals surface area contributed by atoms with Crippen molar-refractivity contribution in [2.45, 2.75) is 13.1 Å². The Labute approximate surface area is 152 Å². The van der Waals surface area contributed by atoms with Gasteiger partial charge in [0.1, 0.15) is 11.4 Å². The highest BCUT2D eigenvalue weighted by atomic mass is 19.4. The molecule has 0 N–H and O–H groups in total. The van der Waals surface area contributed by atoms with Gasteiger partial charge in [-0.25, -0.2) is 14.8 Å². The maximum atomic E-state index is 13.0. The lowest BCUT2D eigenvalue weighted by atomic mass is 10.1. The van der Waals surface area contributed by atoms with E-state index in [-0.39, 0.29) is 29.0 Å². The molecule has 0 radical (unpaired) electrons. The topological polar surface area (TPSA) is 61.3 Å². The van der Waals surface area contributed by atoms with E-state index in [0.29, 0.717) is 11.3 Å². The molecule has 0 aliphatic heterocycles. The van der Waals surface area contributed by atoms with E-state index in [1.165, 1.54) is 13.2 Å². The highest BCUT2D eigenvalue weighted by Crippen LogP contribution is 2.32. The van der Waals surface area contributed by atoms with Crippen molar-refractivity contribution in [2.24, 2.45) is 0 Å². The Morgan fingerprint density at radius 3 is 2.33 bits per heavy atom. The van der Waals surface area contributed by atoms with Gasteiger partial charge in [0.05, 0.1) is 30.3 Å². The SMILES string of the molecule is CCOC(=O)c1nc2cc(C(F)(F)F)ccc2nc1-c1ccc(OC)cc1. The zero-order valence-electron chi connectivity index (χ0n) is 14.5. The van der Waals surface area contributed by atoms with Crippen LogP contribution in [0.3, 0.4) is 0 Å². The standard InChI is InChI=1S/C19H15F3N2O3/c1-3-27-18(25)17-16(11-4-7-13(26-2)8-5-11)23-14-9-6-12(19(20,21)22)10-15(14)24-17/h4-10H,3H2,1-2H3. The van der Waals surface area contributed by atoms with Crippen molar-refractivity contribution >= 4 is 17.0 Å². The predicted molar refractivity (Wildman–Crippen MR) is 92.5 cm³/mol. The number of aromatic nitrogens is 2. The van der Waals surface area contributed by atoms with Crippen LogP contribution in [-0.4, -0.2) is 29.7 Å². The minimum Gasteiger partial charge on any atom is -0.497 e. The fourth-order valence-electron chi connectivity index (χ4n) is 2.52. The number of hydrogen-bond acceptors (Lipinski definition) is 5. The van der Waals surface area contributed by atoms with Gasteiger partial charge in [-0.3, -0.25) is 0 Å². The number of esters is 1. The Hall–Kier alpha value is -3.16. The molecule has 0 amide bonds. The van der Waals surface area contributed by atoms with Crippen LogP contribution in [0, 0.1) is 0 Å². The molecule has 27 heavy (non-hydrogen) atoms. The largest absolute Gasteiger partial charge is 0.497 e. The summed E-state index contributed by atoms with van der Waals surface area (Å²) >= 11 is 0. The minimum absolute atomic E-state index is 0.0369. The Morgan fingerprint density at radius 2 is 1.74 bits per heavy atom.